The Bertz CT molecular complexity index is 2480. The number of hydrogen-bond donors (Lipinski definition) is 1. The van der Waals surface area contributed by atoms with Gasteiger partial charge in [0, 0.05) is 0 Å². The molecule has 0 aliphatic carbocycles. The zero-order valence-electron chi connectivity index (χ0n) is 42.9. The first-order valence-electron chi connectivity index (χ1n) is 24.7. The van der Waals surface area contributed by atoms with Gasteiger partial charge in [-0.2, -0.15) is 0 Å². The molecule has 6 aromatic carbocycles. The van der Waals surface area contributed by atoms with Crippen LogP contribution in [0.1, 0.15) is 76.2 Å². The SMILES string of the molecule is C#C[C@@H](O[C@@H]1O[C@H](C)[C@@H](O[Si](c2ccccc2)(c2ccccc2)C(C)(C)C)[C@H](O[Si](c2ccccc2)(c2ccccc2)C(C)(C)C)[C@H]1I)[C@H](O[Si](c1ccccc1)(c1ccccc1)C(C)(C)C)[C@@H](C)O. The van der Waals surface area contributed by atoms with Gasteiger partial charge in [0.05, 0.1) is 28.3 Å². The molecule has 70 heavy (non-hydrogen) atoms. The summed E-state index contributed by atoms with van der Waals surface area (Å²) in [5.41, 5.74) is 0. The Kier molecular flexibility index (Phi) is 16.9. The summed E-state index contributed by atoms with van der Waals surface area (Å²) in [6, 6.07) is 63.8. The average molecular weight is 1100 g/mol. The lowest BCUT2D eigenvalue weighted by Crippen LogP contribution is -2.74. The standard InChI is InChI=1S/C60H73IO6Si3/c1-13-52(54(44(2)62)65-68(58(4,5)6,46-32-20-14-21-33-46)47-34-22-15-23-35-47)64-57-53(61)56(67-70(60(10,11)12,50-40-28-18-29-41-50)51-42-30-19-31-43-51)55(45(3)63-57)66-69(59(7,8)9,48-36-24-16-25-37-48)49-38-26-17-27-39-49/h1,14-45,52-57,62H,2-12H3/t44-,45-,52-,53-,54-,55-,56-,57+/m1/s1. The summed E-state index contributed by atoms with van der Waals surface area (Å²) in [5, 5.41) is 17.7. The van der Waals surface area contributed by atoms with Crippen LogP contribution in [0.4, 0.5) is 0 Å². The monoisotopic (exact) mass is 1100 g/mol. The number of halogens is 1. The van der Waals surface area contributed by atoms with E-state index in [1.165, 1.54) is 10.4 Å². The Balaban J connectivity index is 1.40. The van der Waals surface area contributed by atoms with Crippen LogP contribution in [-0.2, 0) is 22.8 Å². The molecule has 0 radical (unpaired) electrons. The molecule has 8 atom stereocenters. The largest absolute Gasteiger partial charge is 0.400 e. The van der Waals surface area contributed by atoms with Crippen molar-refractivity contribution in [1.82, 2.24) is 0 Å². The van der Waals surface area contributed by atoms with Crippen molar-refractivity contribution in [3.63, 3.8) is 0 Å². The van der Waals surface area contributed by atoms with Crippen molar-refractivity contribution in [2.75, 3.05) is 0 Å². The van der Waals surface area contributed by atoms with E-state index in [9.17, 15) is 5.11 Å². The Morgan fingerprint density at radius 1 is 0.514 bits per heavy atom. The Hall–Kier alpha value is -3.98. The molecule has 0 bridgehead atoms. The smallest absolute Gasteiger partial charge is 0.261 e. The number of terminal acetylenes is 1. The van der Waals surface area contributed by atoms with Crippen LogP contribution in [0.2, 0.25) is 15.1 Å². The minimum Gasteiger partial charge on any atom is -0.400 e. The van der Waals surface area contributed by atoms with Gasteiger partial charge in [0.25, 0.3) is 25.0 Å². The number of alkyl halides is 1. The molecule has 0 saturated carbocycles. The molecular weight excluding hydrogens is 1030 g/mol. The van der Waals surface area contributed by atoms with Crippen molar-refractivity contribution in [1.29, 1.82) is 0 Å². The van der Waals surface area contributed by atoms with Gasteiger partial charge in [-0.05, 0) is 60.1 Å². The summed E-state index contributed by atoms with van der Waals surface area (Å²) in [5.74, 6) is 2.97. The third-order valence-corrected chi connectivity index (χ3v) is 30.5. The Labute approximate surface area is 436 Å². The summed E-state index contributed by atoms with van der Waals surface area (Å²) in [7, 11) is -9.68. The molecule has 1 saturated heterocycles. The topological polar surface area (TPSA) is 66.4 Å². The van der Waals surface area contributed by atoms with Gasteiger partial charge in [-0.15, -0.1) is 6.42 Å². The lowest BCUT2D eigenvalue weighted by atomic mass is 10.0. The molecule has 0 amide bonds. The van der Waals surface area contributed by atoms with Crippen molar-refractivity contribution in [3.8, 4) is 12.3 Å². The maximum atomic E-state index is 11.9. The van der Waals surface area contributed by atoms with Crippen molar-refractivity contribution in [3.05, 3.63) is 182 Å². The fourth-order valence-corrected chi connectivity index (χ4v) is 26.2. The maximum absolute atomic E-state index is 11.9. The number of benzene rings is 6. The highest BCUT2D eigenvalue weighted by Gasteiger charge is 2.60. The molecule has 6 aromatic rings. The lowest BCUT2D eigenvalue weighted by molar-refractivity contribution is -0.250. The van der Waals surface area contributed by atoms with Gasteiger partial charge < -0.3 is 27.9 Å². The summed E-state index contributed by atoms with van der Waals surface area (Å²) in [6.45, 7) is 24.3. The molecular formula is C60H73IO6Si3. The highest BCUT2D eigenvalue weighted by atomic mass is 127. The molecule has 1 N–H and O–H groups in total. The van der Waals surface area contributed by atoms with Crippen LogP contribution >= 0.6 is 22.6 Å². The first kappa shape index (κ1) is 53.8. The molecule has 1 aliphatic rings. The quantitative estimate of drug-likeness (QED) is 0.0451. The van der Waals surface area contributed by atoms with Gasteiger partial charge in [0.15, 0.2) is 6.29 Å². The van der Waals surface area contributed by atoms with Crippen LogP contribution in [0, 0.1) is 12.3 Å². The van der Waals surface area contributed by atoms with Crippen molar-refractivity contribution in [2.24, 2.45) is 0 Å². The number of aliphatic hydroxyl groups excluding tert-OH is 1. The minimum absolute atomic E-state index is 0.331. The van der Waals surface area contributed by atoms with E-state index in [0.29, 0.717) is 0 Å². The van der Waals surface area contributed by atoms with E-state index in [0.717, 1.165) is 20.7 Å². The Morgan fingerprint density at radius 2 is 0.800 bits per heavy atom. The number of aliphatic hydroxyl groups is 1. The molecule has 1 fully saturated rings. The van der Waals surface area contributed by atoms with E-state index in [1.807, 2.05) is 12.1 Å². The molecule has 6 nitrogen and oxygen atoms in total. The number of rotatable bonds is 16. The highest BCUT2D eigenvalue weighted by molar-refractivity contribution is 14.1. The zero-order chi connectivity index (χ0) is 50.5. The lowest BCUT2D eigenvalue weighted by Gasteiger charge is -2.54. The summed E-state index contributed by atoms with van der Waals surface area (Å²) >= 11 is 2.48. The van der Waals surface area contributed by atoms with E-state index in [1.54, 1.807) is 6.92 Å². The van der Waals surface area contributed by atoms with Gasteiger partial charge in [-0.25, -0.2) is 0 Å². The summed E-state index contributed by atoms with van der Waals surface area (Å²) < 4.78 is 38.0. The predicted molar refractivity (Wildman–Crippen MR) is 305 cm³/mol. The van der Waals surface area contributed by atoms with Crippen LogP contribution < -0.4 is 31.1 Å². The van der Waals surface area contributed by atoms with Crippen LogP contribution in [0.15, 0.2) is 182 Å². The molecule has 10 heteroatoms. The van der Waals surface area contributed by atoms with Gasteiger partial charge in [-0.3, -0.25) is 0 Å². The molecule has 1 heterocycles. The van der Waals surface area contributed by atoms with E-state index in [-0.39, 0.29) is 15.1 Å². The average Bonchev–Trinajstić information content (AvgIpc) is 3.34. The van der Waals surface area contributed by atoms with E-state index in [2.05, 4.69) is 268 Å². The van der Waals surface area contributed by atoms with Crippen molar-refractivity contribution >= 4 is 78.7 Å². The minimum atomic E-state index is -3.25. The molecule has 7 rings (SSSR count). The van der Waals surface area contributed by atoms with Gasteiger partial charge in [0.2, 0.25) is 0 Å². The molecule has 0 unspecified atom stereocenters. The van der Waals surface area contributed by atoms with E-state index < -0.39 is 71.8 Å². The van der Waals surface area contributed by atoms with Gasteiger partial charge in [0.1, 0.15) is 12.2 Å². The summed E-state index contributed by atoms with van der Waals surface area (Å²) in [6.07, 6.45) is 1.07. The predicted octanol–water partition coefficient (Wildman–Crippen LogP) is 9.77. The first-order chi connectivity index (χ1) is 33.2. The van der Waals surface area contributed by atoms with E-state index >= 15 is 0 Å². The highest BCUT2D eigenvalue weighted by Crippen LogP contribution is 2.45. The van der Waals surface area contributed by atoms with Crippen molar-refractivity contribution < 1.29 is 27.9 Å². The first-order valence-corrected chi connectivity index (χ1v) is 31.7. The van der Waals surface area contributed by atoms with Gasteiger partial charge >= 0.3 is 0 Å². The maximum Gasteiger partial charge on any atom is 0.261 e. The molecule has 1 aliphatic heterocycles. The fourth-order valence-electron chi connectivity index (χ4n) is 10.8. The second-order valence-corrected chi connectivity index (χ2v) is 36.1. The molecule has 368 valence electrons. The van der Waals surface area contributed by atoms with Crippen LogP contribution in [0.5, 0.6) is 0 Å². The van der Waals surface area contributed by atoms with Crippen LogP contribution in [0.3, 0.4) is 0 Å². The molecule has 0 aromatic heterocycles. The number of ether oxygens (including phenoxy) is 2. The fraction of sp³-hybridized carbons (Fsp3) is 0.367. The zero-order valence-corrected chi connectivity index (χ0v) is 48.0. The third-order valence-electron chi connectivity index (χ3n) is 14.1. The van der Waals surface area contributed by atoms with Gasteiger partial charge in [-0.1, -0.05) is 273 Å². The normalized spacial score (nSPS) is 20.8. The van der Waals surface area contributed by atoms with Crippen molar-refractivity contribution in [2.45, 2.75) is 138 Å². The van der Waals surface area contributed by atoms with Crippen LogP contribution in [-0.4, -0.2) is 76.9 Å². The second-order valence-electron chi connectivity index (χ2n) is 21.9. The number of hydrogen-bond acceptors (Lipinski definition) is 6. The third kappa shape index (κ3) is 10.4. The van der Waals surface area contributed by atoms with E-state index in [4.69, 9.17) is 29.2 Å². The second kappa shape index (κ2) is 22.0. The Morgan fingerprint density at radius 3 is 1.07 bits per heavy atom. The van der Waals surface area contributed by atoms with Crippen LogP contribution in [0.25, 0.3) is 0 Å². The molecule has 0 spiro atoms. The summed E-state index contributed by atoms with van der Waals surface area (Å²) in [4.78, 5) is 0.